The molecule has 0 aliphatic carbocycles. The molecule has 8 heteroatoms. The van der Waals surface area contributed by atoms with E-state index < -0.39 is 9.84 Å². The Bertz CT molecular complexity index is 1320. The van der Waals surface area contributed by atoms with Crippen LogP contribution in [0.15, 0.2) is 59.9 Å². The van der Waals surface area contributed by atoms with Crippen molar-refractivity contribution in [2.75, 3.05) is 13.2 Å². The minimum atomic E-state index is -3.70. The molecule has 0 bridgehead atoms. The third-order valence-corrected chi connectivity index (χ3v) is 8.29. The highest BCUT2D eigenvalue weighted by Gasteiger charge is 2.28. The molecule has 0 spiro atoms. The van der Waals surface area contributed by atoms with E-state index in [2.05, 4.69) is 4.98 Å². The third-order valence-electron chi connectivity index (χ3n) is 6.72. The van der Waals surface area contributed by atoms with E-state index in [1.807, 2.05) is 76.2 Å². The predicted molar refractivity (Wildman–Crippen MR) is 144 cm³/mol. The molecule has 0 N–H and O–H groups in total. The van der Waals surface area contributed by atoms with Crippen molar-refractivity contribution in [1.29, 1.82) is 0 Å². The van der Waals surface area contributed by atoms with E-state index in [4.69, 9.17) is 4.74 Å². The van der Waals surface area contributed by atoms with Gasteiger partial charge in [0.15, 0.2) is 0 Å². The van der Waals surface area contributed by atoms with Crippen molar-refractivity contribution in [2.45, 2.75) is 70.6 Å². The van der Waals surface area contributed by atoms with Crippen molar-refractivity contribution < 1.29 is 17.9 Å². The monoisotopic (exact) mass is 523 g/mol. The SMILES string of the molecule is Cc1ccc(C(=O)N(Cc2cnc(S(=O)(=O)Cc3ccccc3C)n2CC(C)C)C[C@H]2CCCO2)cc1. The van der Waals surface area contributed by atoms with E-state index in [0.29, 0.717) is 31.0 Å². The molecular weight excluding hydrogens is 486 g/mol. The lowest BCUT2D eigenvalue weighted by Gasteiger charge is -2.26. The molecule has 0 unspecified atom stereocenters. The summed E-state index contributed by atoms with van der Waals surface area (Å²) in [5, 5.41) is 0.0549. The molecule has 1 fully saturated rings. The number of sulfone groups is 1. The maximum Gasteiger partial charge on any atom is 0.254 e. The Balaban J connectivity index is 1.67. The van der Waals surface area contributed by atoms with Gasteiger partial charge in [0, 0.05) is 25.3 Å². The van der Waals surface area contributed by atoms with E-state index >= 15 is 0 Å². The van der Waals surface area contributed by atoms with Gasteiger partial charge < -0.3 is 14.2 Å². The molecular formula is C29H37N3O4S. The van der Waals surface area contributed by atoms with Gasteiger partial charge in [0.05, 0.1) is 30.3 Å². The Morgan fingerprint density at radius 2 is 1.86 bits per heavy atom. The first-order valence-corrected chi connectivity index (χ1v) is 14.6. The van der Waals surface area contributed by atoms with E-state index in [9.17, 15) is 13.2 Å². The second-order valence-corrected chi connectivity index (χ2v) is 12.3. The summed E-state index contributed by atoms with van der Waals surface area (Å²) in [4.78, 5) is 19.8. The first-order valence-electron chi connectivity index (χ1n) is 12.9. The first-order chi connectivity index (χ1) is 17.6. The van der Waals surface area contributed by atoms with Crippen LogP contribution in [0.2, 0.25) is 0 Å². The van der Waals surface area contributed by atoms with Crippen LogP contribution in [0.1, 0.15) is 59.4 Å². The number of hydrogen-bond donors (Lipinski definition) is 0. The lowest BCUT2D eigenvalue weighted by atomic mass is 10.1. The maximum absolute atomic E-state index is 13.6. The zero-order chi connectivity index (χ0) is 26.6. The van der Waals surface area contributed by atoms with Gasteiger partial charge in [-0.2, -0.15) is 0 Å². The Hall–Kier alpha value is -2.97. The minimum absolute atomic E-state index is 0.0277. The number of aryl methyl sites for hydroxylation is 2. The lowest BCUT2D eigenvalue weighted by molar-refractivity contribution is 0.0501. The normalized spacial score (nSPS) is 15.9. The molecule has 198 valence electrons. The van der Waals surface area contributed by atoms with Crippen molar-refractivity contribution in [3.8, 4) is 0 Å². The third kappa shape index (κ3) is 6.67. The van der Waals surface area contributed by atoms with E-state index in [-0.39, 0.29) is 35.4 Å². The standard InChI is InChI=1S/C29H37N3O4S/c1-21(2)17-32-26(16-30-29(32)37(34,35)20-25-9-6-5-8-23(25)4)18-31(19-27-10-7-15-36-27)28(33)24-13-11-22(3)12-14-24/h5-6,8-9,11-14,16,21,27H,7,10,15,17-20H2,1-4H3/t27-/m1/s1. The maximum atomic E-state index is 13.6. The molecule has 0 radical (unpaired) electrons. The zero-order valence-corrected chi connectivity index (χ0v) is 23.0. The second kappa shape index (κ2) is 11.6. The number of carbonyl (C=O) groups is 1. The van der Waals surface area contributed by atoms with Crippen molar-refractivity contribution in [3.05, 3.63) is 82.7 Å². The van der Waals surface area contributed by atoms with E-state index in [1.165, 1.54) is 0 Å². The van der Waals surface area contributed by atoms with Crippen LogP contribution >= 0.6 is 0 Å². The van der Waals surface area contributed by atoms with Gasteiger partial charge in [-0.25, -0.2) is 13.4 Å². The summed E-state index contributed by atoms with van der Waals surface area (Å²) < 4.78 is 34.7. The van der Waals surface area contributed by atoms with E-state index in [0.717, 1.165) is 29.5 Å². The Morgan fingerprint density at radius 3 is 2.51 bits per heavy atom. The number of carbonyl (C=O) groups excluding carboxylic acids is 1. The number of benzene rings is 2. The molecule has 3 aromatic rings. The fraction of sp³-hybridized carbons (Fsp3) is 0.448. The van der Waals surface area contributed by atoms with Crippen LogP contribution in [0, 0.1) is 19.8 Å². The smallest absolute Gasteiger partial charge is 0.254 e. The van der Waals surface area contributed by atoms with Crippen LogP contribution in [0.5, 0.6) is 0 Å². The molecule has 1 aliphatic rings. The van der Waals surface area contributed by atoms with Gasteiger partial charge in [-0.05, 0) is 55.9 Å². The fourth-order valence-electron chi connectivity index (χ4n) is 4.70. The van der Waals surface area contributed by atoms with Crippen LogP contribution < -0.4 is 0 Å². The summed E-state index contributed by atoms with van der Waals surface area (Å²) in [6, 6.07) is 15.0. The summed E-state index contributed by atoms with van der Waals surface area (Å²) in [5.41, 5.74) is 4.08. The van der Waals surface area contributed by atoms with Crippen LogP contribution in [0.3, 0.4) is 0 Å². The van der Waals surface area contributed by atoms with Gasteiger partial charge >= 0.3 is 0 Å². The molecule has 37 heavy (non-hydrogen) atoms. The molecule has 1 aliphatic heterocycles. The Morgan fingerprint density at radius 1 is 1.14 bits per heavy atom. The molecule has 1 aromatic heterocycles. The number of amides is 1. The van der Waals surface area contributed by atoms with Gasteiger partial charge in [-0.1, -0.05) is 55.8 Å². The zero-order valence-electron chi connectivity index (χ0n) is 22.2. The Labute approximate surface area is 220 Å². The fourth-order valence-corrected chi connectivity index (χ4v) is 6.30. The average Bonchev–Trinajstić information content (AvgIpc) is 3.50. The van der Waals surface area contributed by atoms with Gasteiger partial charge in [-0.3, -0.25) is 4.79 Å². The summed E-state index contributed by atoms with van der Waals surface area (Å²) in [6.45, 7) is 9.88. The van der Waals surface area contributed by atoms with Gasteiger partial charge in [0.2, 0.25) is 15.0 Å². The van der Waals surface area contributed by atoms with Gasteiger partial charge in [0.1, 0.15) is 0 Å². The summed E-state index contributed by atoms with van der Waals surface area (Å²) in [5.74, 6) is -0.0206. The topological polar surface area (TPSA) is 81.5 Å². The van der Waals surface area contributed by atoms with Crippen molar-refractivity contribution in [3.63, 3.8) is 0 Å². The van der Waals surface area contributed by atoms with Crippen LogP contribution in [0.25, 0.3) is 0 Å². The highest BCUT2D eigenvalue weighted by Crippen LogP contribution is 2.23. The summed E-state index contributed by atoms with van der Waals surface area (Å²) >= 11 is 0. The van der Waals surface area contributed by atoms with Crippen LogP contribution in [-0.2, 0) is 33.4 Å². The minimum Gasteiger partial charge on any atom is -0.376 e. The van der Waals surface area contributed by atoms with Crippen LogP contribution in [0.4, 0.5) is 0 Å². The molecule has 7 nitrogen and oxygen atoms in total. The molecule has 1 amide bonds. The molecule has 2 heterocycles. The number of rotatable bonds is 10. The molecule has 1 saturated heterocycles. The van der Waals surface area contributed by atoms with Gasteiger partial charge in [0.25, 0.3) is 5.91 Å². The quantitative estimate of drug-likeness (QED) is 0.376. The number of hydrogen-bond acceptors (Lipinski definition) is 5. The second-order valence-electron chi connectivity index (χ2n) is 10.4. The molecule has 0 saturated carbocycles. The molecule has 1 atom stereocenters. The van der Waals surface area contributed by atoms with E-state index in [1.54, 1.807) is 15.7 Å². The summed E-state index contributed by atoms with van der Waals surface area (Å²) in [6.07, 6.45) is 3.46. The van der Waals surface area contributed by atoms with Gasteiger partial charge in [-0.15, -0.1) is 0 Å². The predicted octanol–water partition coefficient (Wildman–Crippen LogP) is 4.95. The number of ether oxygens (including phenoxy) is 1. The number of aromatic nitrogens is 2. The van der Waals surface area contributed by atoms with Crippen LogP contribution in [-0.4, -0.2) is 48.0 Å². The Kier molecular flexibility index (Phi) is 8.49. The largest absolute Gasteiger partial charge is 0.376 e. The molecule has 2 aromatic carbocycles. The van der Waals surface area contributed by atoms with Crippen molar-refractivity contribution in [2.24, 2.45) is 5.92 Å². The lowest BCUT2D eigenvalue weighted by Crippen LogP contribution is -2.37. The first kappa shape index (κ1) is 27.1. The number of imidazole rings is 1. The highest BCUT2D eigenvalue weighted by atomic mass is 32.2. The molecule has 4 rings (SSSR count). The highest BCUT2D eigenvalue weighted by molar-refractivity contribution is 7.90. The number of nitrogens with zero attached hydrogens (tertiary/aromatic N) is 3. The van der Waals surface area contributed by atoms with Crippen molar-refractivity contribution in [1.82, 2.24) is 14.5 Å². The summed E-state index contributed by atoms with van der Waals surface area (Å²) in [7, 11) is -3.70. The average molecular weight is 524 g/mol. The van der Waals surface area contributed by atoms with Crippen molar-refractivity contribution >= 4 is 15.7 Å².